The molecule has 1 unspecified atom stereocenters. The Labute approximate surface area is 140 Å². The molecule has 0 saturated heterocycles. The molecule has 1 fully saturated rings. The first kappa shape index (κ1) is 16.3. The van der Waals surface area contributed by atoms with Crippen molar-refractivity contribution in [2.45, 2.75) is 64.7 Å². The Kier molecular flexibility index (Phi) is 5.77. The SMILES string of the molecule is CCCC1CCC(C2CC=C(c3ccc(C=O)[se]3)CC2)CC1. The van der Waals surface area contributed by atoms with Crippen molar-refractivity contribution in [1.29, 1.82) is 0 Å². The quantitative estimate of drug-likeness (QED) is 0.509. The summed E-state index contributed by atoms with van der Waals surface area (Å²) in [7, 11) is 0. The Bertz CT molecular complexity index is 520. The fraction of sp³-hybridized carbons (Fsp3) is 0.650. The van der Waals surface area contributed by atoms with Crippen LogP contribution in [-0.2, 0) is 0 Å². The van der Waals surface area contributed by atoms with Crippen LogP contribution in [0.1, 0.15) is 78.4 Å². The zero-order chi connectivity index (χ0) is 15.4. The number of hydrogen-bond acceptors (Lipinski definition) is 1. The minimum atomic E-state index is 0.276. The van der Waals surface area contributed by atoms with E-state index in [1.165, 1.54) is 62.2 Å². The van der Waals surface area contributed by atoms with E-state index in [4.69, 9.17) is 0 Å². The van der Waals surface area contributed by atoms with E-state index < -0.39 is 0 Å². The molecule has 1 saturated carbocycles. The third kappa shape index (κ3) is 3.84. The van der Waals surface area contributed by atoms with Crippen LogP contribution >= 0.6 is 0 Å². The first-order valence-electron chi connectivity index (χ1n) is 9.04. The van der Waals surface area contributed by atoms with Crippen LogP contribution in [0.15, 0.2) is 18.2 Å². The van der Waals surface area contributed by atoms with Gasteiger partial charge in [0.25, 0.3) is 0 Å². The van der Waals surface area contributed by atoms with E-state index >= 15 is 0 Å². The Morgan fingerprint density at radius 2 is 1.95 bits per heavy atom. The zero-order valence-corrected chi connectivity index (χ0v) is 15.4. The predicted octanol–water partition coefficient (Wildman–Crippen LogP) is 5.35. The van der Waals surface area contributed by atoms with Gasteiger partial charge >= 0.3 is 141 Å². The average Bonchev–Trinajstić information content (AvgIpc) is 3.05. The molecular formula is C20H28OSe. The average molecular weight is 363 g/mol. The first-order valence-corrected chi connectivity index (χ1v) is 10.8. The third-order valence-corrected chi connectivity index (χ3v) is 8.04. The van der Waals surface area contributed by atoms with Crippen molar-refractivity contribution in [1.82, 2.24) is 0 Å². The molecule has 0 aliphatic heterocycles. The van der Waals surface area contributed by atoms with Crippen molar-refractivity contribution in [3.63, 3.8) is 0 Å². The van der Waals surface area contributed by atoms with Gasteiger partial charge in [0.05, 0.1) is 0 Å². The van der Waals surface area contributed by atoms with Crippen LogP contribution in [0.4, 0.5) is 0 Å². The van der Waals surface area contributed by atoms with E-state index in [0.29, 0.717) is 0 Å². The van der Waals surface area contributed by atoms with Crippen LogP contribution in [0, 0.1) is 17.8 Å². The Hall–Kier alpha value is -0.591. The van der Waals surface area contributed by atoms with Crippen LogP contribution in [0.3, 0.4) is 0 Å². The van der Waals surface area contributed by atoms with E-state index in [1.54, 1.807) is 5.57 Å². The van der Waals surface area contributed by atoms with Crippen LogP contribution in [0.25, 0.3) is 5.57 Å². The summed E-state index contributed by atoms with van der Waals surface area (Å²) >= 11 is 0.276. The molecule has 0 aromatic carbocycles. The van der Waals surface area contributed by atoms with Crippen LogP contribution in [-0.4, -0.2) is 20.8 Å². The van der Waals surface area contributed by atoms with Gasteiger partial charge in [-0.05, 0) is 0 Å². The van der Waals surface area contributed by atoms with Crippen molar-refractivity contribution in [3.8, 4) is 0 Å². The standard InChI is InChI=1S/C20H28OSe/c1-2-3-15-4-6-16(7-5-15)17-8-10-18(11-9-17)20-13-12-19(14-21)22-20/h10,12-17H,2-9,11H2,1H3. The summed E-state index contributed by atoms with van der Waals surface area (Å²) in [5.41, 5.74) is 1.55. The van der Waals surface area contributed by atoms with Crippen molar-refractivity contribution >= 4 is 26.4 Å². The number of aldehydes is 1. The maximum absolute atomic E-state index is 10.9. The molecule has 2 heteroatoms. The fourth-order valence-corrected chi connectivity index (χ4v) is 6.32. The van der Waals surface area contributed by atoms with E-state index in [2.05, 4.69) is 19.1 Å². The Morgan fingerprint density at radius 1 is 1.14 bits per heavy atom. The molecule has 1 atom stereocenters. The van der Waals surface area contributed by atoms with Gasteiger partial charge < -0.3 is 0 Å². The molecule has 1 nitrogen and oxygen atoms in total. The molecule has 0 amide bonds. The van der Waals surface area contributed by atoms with Gasteiger partial charge in [0, 0.05) is 0 Å². The summed E-state index contributed by atoms with van der Waals surface area (Å²) in [5, 5.41) is 0. The molecule has 0 radical (unpaired) electrons. The van der Waals surface area contributed by atoms with E-state index in [-0.39, 0.29) is 14.5 Å². The number of rotatable bonds is 5. The van der Waals surface area contributed by atoms with E-state index in [9.17, 15) is 4.79 Å². The molecule has 2 aliphatic rings. The fourth-order valence-electron chi connectivity index (χ4n) is 4.45. The summed E-state index contributed by atoms with van der Waals surface area (Å²) in [4.78, 5) is 10.9. The molecule has 0 N–H and O–H groups in total. The molecular weight excluding hydrogens is 335 g/mol. The minimum absolute atomic E-state index is 0.276. The molecule has 1 aromatic heterocycles. The molecule has 2 aliphatic carbocycles. The second kappa shape index (κ2) is 7.79. The molecule has 3 rings (SSSR count). The van der Waals surface area contributed by atoms with Crippen LogP contribution in [0.2, 0.25) is 0 Å². The zero-order valence-electron chi connectivity index (χ0n) is 13.7. The van der Waals surface area contributed by atoms with Crippen molar-refractivity contribution in [3.05, 3.63) is 27.1 Å². The van der Waals surface area contributed by atoms with E-state index in [0.717, 1.165) is 28.5 Å². The topological polar surface area (TPSA) is 17.1 Å². The van der Waals surface area contributed by atoms with E-state index in [1.807, 2.05) is 6.07 Å². The predicted molar refractivity (Wildman–Crippen MR) is 94.4 cm³/mol. The molecule has 0 spiro atoms. The van der Waals surface area contributed by atoms with Crippen LogP contribution in [0.5, 0.6) is 0 Å². The van der Waals surface area contributed by atoms with Gasteiger partial charge in [-0.1, -0.05) is 0 Å². The molecule has 1 heterocycles. The Morgan fingerprint density at radius 3 is 2.55 bits per heavy atom. The molecule has 1 aromatic rings. The summed E-state index contributed by atoms with van der Waals surface area (Å²) in [5.74, 6) is 2.94. The molecule has 22 heavy (non-hydrogen) atoms. The monoisotopic (exact) mass is 364 g/mol. The maximum atomic E-state index is 10.9. The Balaban J connectivity index is 1.54. The first-order chi connectivity index (χ1) is 10.8. The molecule has 120 valence electrons. The van der Waals surface area contributed by atoms with Crippen molar-refractivity contribution in [2.75, 3.05) is 0 Å². The van der Waals surface area contributed by atoms with Gasteiger partial charge in [0.1, 0.15) is 0 Å². The number of allylic oxidation sites excluding steroid dienone is 2. The van der Waals surface area contributed by atoms with Gasteiger partial charge in [0.15, 0.2) is 0 Å². The normalized spacial score (nSPS) is 29.1. The second-order valence-corrected chi connectivity index (χ2v) is 9.49. The summed E-state index contributed by atoms with van der Waals surface area (Å²) in [6.45, 7) is 2.32. The van der Waals surface area contributed by atoms with Crippen LogP contribution < -0.4 is 0 Å². The van der Waals surface area contributed by atoms with Gasteiger partial charge in [-0.25, -0.2) is 0 Å². The number of hydrogen-bond donors (Lipinski definition) is 0. The summed E-state index contributed by atoms with van der Waals surface area (Å²) < 4.78 is 2.46. The van der Waals surface area contributed by atoms with Crippen molar-refractivity contribution < 1.29 is 4.79 Å². The molecule has 0 bridgehead atoms. The van der Waals surface area contributed by atoms with Gasteiger partial charge in [-0.3, -0.25) is 0 Å². The van der Waals surface area contributed by atoms with Crippen molar-refractivity contribution in [2.24, 2.45) is 17.8 Å². The van der Waals surface area contributed by atoms with Gasteiger partial charge in [-0.15, -0.1) is 0 Å². The van der Waals surface area contributed by atoms with Gasteiger partial charge in [0.2, 0.25) is 0 Å². The summed E-state index contributed by atoms with van der Waals surface area (Å²) in [6, 6.07) is 4.20. The number of carbonyl (C=O) groups excluding carboxylic acids is 1. The third-order valence-electron chi connectivity index (χ3n) is 5.77. The summed E-state index contributed by atoms with van der Waals surface area (Å²) in [6.07, 6.45) is 16.1. The van der Waals surface area contributed by atoms with Gasteiger partial charge in [-0.2, -0.15) is 0 Å². The second-order valence-electron chi connectivity index (χ2n) is 7.15. The number of carbonyl (C=O) groups is 1.